The number of aryl methyl sites for hydroxylation is 1. The van der Waals surface area contributed by atoms with E-state index in [1.807, 2.05) is 29.1 Å². The molecule has 0 atom stereocenters. The van der Waals surface area contributed by atoms with Gasteiger partial charge in [-0.25, -0.2) is 4.98 Å². The van der Waals surface area contributed by atoms with Gasteiger partial charge in [-0.1, -0.05) is 0 Å². The number of hydrogen-bond donors (Lipinski definition) is 1. The molecular formula is C11H12BrN3OS. The molecule has 0 saturated heterocycles. The highest BCUT2D eigenvalue weighted by molar-refractivity contribution is 9.10. The van der Waals surface area contributed by atoms with E-state index in [0.717, 1.165) is 16.0 Å². The average molecular weight is 314 g/mol. The van der Waals surface area contributed by atoms with Crippen molar-refractivity contribution < 1.29 is 4.79 Å². The van der Waals surface area contributed by atoms with Crippen molar-refractivity contribution in [1.82, 2.24) is 14.9 Å². The minimum absolute atomic E-state index is 0.0762. The van der Waals surface area contributed by atoms with Gasteiger partial charge in [-0.2, -0.15) is 0 Å². The predicted molar refractivity (Wildman–Crippen MR) is 71.1 cm³/mol. The first-order valence-electron chi connectivity index (χ1n) is 5.23. The van der Waals surface area contributed by atoms with Crippen molar-refractivity contribution in [3.05, 3.63) is 39.0 Å². The van der Waals surface area contributed by atoms with Crippen LogP contribution in [0.1, 0.15) is 22.4 Å². The van der Waals surface area contributed by atoms with Crippen LogP contribution in [0.15, 0.2) is 28.3 Å². The van der Waals surface area contributed by atoms with E-state index in [9.17, 15) is 4.79 Å². The van der Waals surface area contributed by atoms with Crippen molar-refractivity contribution in [3.63, 3.8) is 0 Å². The number of carbonyl (C=O) groups excluding carboxylic acids is 1. The molecule has 0 aliphatic heterocycles. The Morgan fingerprint density at radius 3 is 3.12 bits per heavy atom. The van der Waals surface area contributed by atoms with Crippen LogP contribution in [0.3, 0.4) is 0 Å². The van der Waals surface area contributed by atoms with Crippen LogP contribution in [-0.4, -0.2) is 15.5 Å². The highest BCUT2D eigenvalue weighted by Crippen LogP contribution is 2.15. The quantitative estimate of drug-likeness (QED) is 0.943. The average Bonchev–Trinajstić information content (AvgIpc) is 2.94. The van der Waals surface area contributed by atoms with E-state index in [0.29, 0.717) is 12.2 Å². The molecule has 0 aliphatic rings. The zero-order chi connectivity index (χ0) is 12.3. The zero-order valence-electron chi connectivity index (χ0n) is 9.31. The fraction of sp³-hybridized carbons (Fsp3) is 0.273. The summed E-state index contributed by atoms with van der Waals surface area (Å²) in [6.07, 6.45) is 3.63. The Hall–Kier alpha value is -1.14. The first-order valence-corrected chi connectivity index (χ1v) is 6.90. The van der Waals surface area contributed by atoms with Crippen LogP contribution in [0.25, 0.3) is 0 Å². The summed E-state index contributed by atoms with van der Waals surface area (Å²) in [5.74, 6) is -0.0762. The number of amides is 1. The standard InChI is InChI=1S/C11H12BrN3OS/c1-2-15-7-8(12)5-9(15)11(16)14-6-10-13-3-4-17-10/h3-5,7H,2,6H2,1H3,(H,14,16). The summed E-state index contributed by atoms with van der Waals surface area (Å²) in [6, 6.07) is 1.82. The third-order valence-electron chi connectivity index (χ3n) is 2.32. The summed E-state index contributed by atoms with van der Waals surface area (Å²) in [7, 11) is 0. The maximum atomic E-state index is 12.0. The molecule has 1 N–H and O–H groups in total. The number of carbonyl (C=O) groups is 1. The highest BCUT2D eigenvalue weighted by atomic mass is 79.9. The summed E-state index contributed by atoms with van der Waals surface area (Å²) in [4.78, 5) is 16.1. The van der Waals surface area contributed by atoms with Crippen molar-refractivity contribution in [2.45, 2.75) is 20.0 Å². The highest BCUT2D eigenvalue weighted by Gasteiger charge is 2.12. The minimum atomic E-state index is -0.0762. The van der Waals surface area contributed by atoms with E-state index in [-0.39, 0.29) is 5.91 Å². The molecule has 0 saturated carbocycles. The van der Waals surface area contributed by atoms with Crippen LogP contribution < -0.4 is 5.32 Å². The van der Waals surface area contributed by atoms with Crippen LogP contribution in [0.4, 0.5) is 0 Å². The summed E-state index contributed by atoms with van der Waals surface area (Å²) in [6.45, 7) is 3.25. The Morgan fingerprint density at radius 1 is 1.65 bits per heavy atom. The lowest BCUT2D eigenvalue weighted by Gasteiger charge is -2.06. The number of aromatic nitrogens is 2. The van der Waals surface area contributed by atoms with E-state index in [1.54, 1.807) is 6.20 Å². The molecule has 0 aliphatic carbocycles. The molecule has 2 rings (SSSR count). The van der Waals surface area contributed by atoms with Crippen molar-refractivity contribution in [2.75, 3.05) is 0 Å². The fourth-order valence-corrected chi connectivity index (χ4v) is 2.53. The third-order valence-corrected chi connectivity index (χ3v) is 3.53. The molecule has 2 aromatic heterocycles. The summed E-state index contributed by atoms with van der Waals surface area (Å²) in [5.41, 5.74) is 0.663. The first-order chi connectivity index (χ1) is 8.20. The predicted octanol–water partition coefficient (Wildman–Crippen LogP) is 2.66. The molecule has 2 aromatic rings. The summed E-state index contributed by atoms with van der Waals surface area (Å²) < 4.78 is 2.82. The molecular weight excluding hydrogens is 302 g/mol. The Morgan fingerprint density at radius 2 is 2.47 bits per heavy atom. The van der Waals surface area contributed by atoms with Gasteiger partial charge in [-0.15, -0.1) is 11.3 Å². The second-order valence-electron chi connectivity index (χ2n) is 3.44. The molecule has 2 heterocycles. The number of rotatable bonds is 4. The monoisotopic (exact) mass is 313 g/mol. The molecule has 0 bridgehead atoms. The normalized spacial score (nSPS) is 10.5. The molecule has 0 radical (unpaired) electrons. The largest absolute Gasteiger partial charge is 0.344 e. The second-order valence-corrected chi connectivity index (χ2v) is 5.33. The summed E-state index contributed by atoms with van der Waals surface area (Å²) in [5, 5.41) is 5.66. The van der Waals surface area contributed by atoms with Crippen molar-refractivity contribution >= 4 is 33.2 Å². The number of nitrogens with one attached hydrogen (secondary N) is 1. The second kappa shape index (κ2) is 5.46. The molecule has 17 heavy (non-hydrogen) atoms. The Bertz CT molecular complexity index is 507. The number of halogens is 1. The molecule has 6 heteroatoms. The van der Waals surface area contributed by atoms with Crippen molar-refractivity contribution in [1.29, 1.82) is 0 Å². The van der Waals surface area contributed by atoms with Gasteiger partial charge in [0.15, 0.2) is 0 Å². The van der Waals surface area contributed by atoms with E-state index >= 15 is 0 Å². The van der Waals surface area contributed by atoms with Gasteiger partial charge in [0.1, 0.15) is 10.7 Å². The summed E-state index contributed by atoms with van der Waals surface area (Å²) >= 11 is 4.90. The molecule has 0 spiro atoms. The SMILES string of the molecule is CCn1cc(Br)cc1C(=O)NCc1nccs1. The zero-order valence-corrected chi connectivity index (χ0v) is 11.7. The van der Waals surface area contributed by atoms with Crippen LogP contribution in [0, 0.1) is 0 Å². The lowest BCUT2D eigenvalue weighted by Crippen LogP contribution is -2.25. The molecule has 4 nitrogen and oxygen atoms in total. The Kier molecular flexibility index (Phi) is 3.96. The number of nitrogens with zero attached hydrogens (tertiary/aromatic N) is 2. The van der Waals surface area contributed by atoms with Crippen LogP contribution >= 0.6 is 27.3 Å². The van der Waals surface area contributed by atoms with Gasteiger partial charge in [-0.3, -0.25) is 4.79 Å². The fourth-order valence-electron chi connectivity index (χ4n) is 1.51. The molecule has 0 aromatic carbocycles. The van der Waals surface area contributed by atoms with Gasteiger partial charge in [0.2, 0.25) is 0 Å². The molecule has 0 unspecified atom stereocenters. The minimum Gasteiger partial charge on any atom is -0.344 e. The Balaban J connectivity index is 2.04. The topological polar surface area (TPSA) is 46.9 Å². The van der Waals surface area contributed by atoms with Crippen LogP contribution in [0.2, 0.25) is 0 Å². The maximum absolute atomic E-state index is 12.0. The number of hydrogen-bond acceptors (Lipinski definition) is 3. The maximum Gasteiger partial charge on any atom is 0.268 e. The number of thiazole rings is 1. The van der Waals surface area contributed by atoms with Gasteiger partial charge in [0, 0.05) is 28.8 Å². The van der Waals surface area contributed by atoms with E-state index < -0.39 is 0 Å². The molecule has 90 valence electrons. The van der Waals surface area contributed by atoms with Gasteiger partial charge in [0.25, 0.3) is 5.91 Å². The smallest absolute Gasteiger partial charge is 0.268 e. The molecule has 1 amide bonds. The van der Waals surface area contributed by atoms with Gasteiger partial charge in [-0.05, 0) is 28.9 Å². The van der Waals surface area contributed by atoms with Crippen LogP contribution in [0.5, 0.6) is 0 Å². The van der Waals surface area contributed by atoms with E-state index in [2.05, 4.69) is 26.2 Å². The van der Waals surface area contributed by atoms with Crippen LogP contribution in [-0.2, 0) is 13.1 Å². The Labute approximate surface area is 112 Å². The third kappa shape index (κ3) is 2.95. The van der Waals surface area contributed by atoms with Crippen molar-refractivity contribution in [3.8, 4) is 0 Å². The van der Waals surface area contributed by atoms with E-state index in [4.69, 9.17) is 0 Å². The van der Waals surface area contributed by atoms with Crippen molar-refractivity contribution in [2.24, 2.45) is 0 Å². The van der Waals surface area contributed by atoms with Gasteiger partial charge < -0.3 is 9.88 Å². The molecule has 0 fully saturated rings. The van der Waals surface area contributed by atoms with Gasteiger partial charge >= 0.3 is 0 Å². The lowest BCUT2D eigenvalue weighted by atomic mass is 10.4. The first kappa shape index (κ1) is 12.3. The lowest BCUT2D eigenvalue weighted by molar-refractivity contribution is 0.0941. The van der Waals surface area contributed by atoms with Gasteiger partial charge in [0.05, 0.1) is 6.54 Å². The van der Waals surface area contributed by atoms with E-state index in [1.165, 1.54) is 11.3 Å².